The number of ketones is 1. The van der Waals surface area contributed by atoms with Gasteiger partial charge in [-0.25, -0.2) is 4.39 Å². The maximum Gasteiger partial charge on any atom is 0.147 e. The van der Waals surface area contributed by atoms with E-state index in [4.69, 9.17) is 5.26 Å². The highest BCUT2D eigenvalue weighted by molar-refractivity contribution is 9.09. The van der Waals surface area contributed by atoms with Crippen LogP contribution in [0.4, 0.5) is 4.39 Å². The number of rotatable bonds is 2. The van der Waals surface area contributed by atoms with Crippen LogP contribution in [-0.4, -0.2) is 5.78 Å². The molecule has 0 N–H and O–H groups in total. The Bertz CT molecular complexity index is 411. The van der Waals surface area contributed by atoms with Gasteiger partial charge < -0.3 is 0 Å². The van der Waals surface area contributed by atoms with Crippen molar-refractivity contribution in [3.8, 4) is 6.07 Å². The number of carbonyl (C=O) groups excluding carboxylic acids is 1. The zero-order valence-electron chi connectivity index (χ0n) is 7.42. The maximum atomic E-state index is 13.3. The summed E-state index contributed by atoms with van der Waals surface area (Å²) in [6, 6.07) is 6.00. The lowest BCUT2D eigenvalue weighted by Gasteiger charge is -2.08. The normalized spacial score (nSPS) is 11.9. The SMILES string of the molecule is CC(=O)C(Br)c1c(F)cccc1C#N. The lowest BCUT2D eigenvalue weighted by Crippen LogP contribution is -2.06. The van der Waals surface area contributed by atoms with Gasteiger partial charge in [-0.05, 0) is 19.1 Å². The Morgan fingerprint density at radius 3 is 2.79 bits per heavy atom. The molecule has 0 aliphatic rings. The summed E-state index contributed by atoms with van der Waals surface area (Å²) in [5, 5.41) is 8.72. The van der Waals surface area contributed by atoms with Crippen LogP contribution < -0.4 is 0 Å². The van der Waals surface area contributed by atoms with Gasteiger partial charge in [-0.15, -0.1) is 0 Å². The topological polar surface area (TPSA) is 40.9 Å². The van der Waals surface area contributed by atoms with Crippen LogP contribution >= 0.6 is 15.9 Å². The van der Waals surface area contributed by atoms with E-state index in [0.717, 1.165) is 0 Å². The summed E-state index contributed by atoms with van der Waals surface area (Å²) in [5.41, 5.74) is 0.296. The predicted octanol–water partition coefficient (Wildman–Crippen LogP) is 2.72. The first-order chi connectivity index (χ1) is 6.57. The fourth-order valence-corrected chi connectivity index (χ4v) is 1.56. The Kier molecular flexibility index (Phi) is 3.37. The van der Waals surface area contributed by atoms with Crippen molar-refractivity contribution in [2.24, 2.45) is 0 Å². The monoisotopic (exact) mass is 255 g/mol. The molecule has 0 saturated heterocycles. The van der Waals surface area contributed by atoms with E-state index < -0.39 is 10.6 Å². The van der Waals surface area contributed by atoms with Crippen molar-refractivity contribution in [2.75, 3.05) is 0 Å². The Morgan fingerprint density at radius 1 is 1.64 bits per heavy atom. The molecule has 0 heterocycles. The molecule has 0 fully saturated rings. The molecule has 1 aromatic carbocycles. The number of nitrogens with zero attached hydrogens (tertiary/aromatic N) is 1. The number of alkyl halides is 1. The van der Waals surface area contributed by atoms with E-state index in [1.165, 1.54) is 25.1 Å². The molecule has 1 rings (SSSR count). The molecule has 1 aromatic rings. The highest BCUT2D eigenvalue weighted by Crippen LogP contribution is 2.28. The molecule has 0 amide bonds. The largest absolute Gasteiger partial charge is 0.298 e. The number of carbonyl (C=O) groups is 1. The van der Waals surface area contributed by atoms with Gasteiger partial charge in [-0.3, -0.25) is 4.79 Å². The standard InChI is InChI=1S/C10H7BrFNO/c1-6(14)10(11)9-7(5-13)3-2-4-8(9)12/h2-4,10H,1H3. The van der Waals surface area contributed by atoms with Gasteiger partial charge in [0.05, 0.1) is 11.6 Å². The smallest absolute Gasteiger partial charge is 0.147 e. The zero-order chi connectivity index (χ0) is 10.7. The molecule has 0 aliphatic carbocycles. The van der Waals surface area contributed by atoms with E-state index in [9.17, 15) is 9.18 Å². The van der Waals surface area contributed by atoms with Crippen LogP contribution in [0.15, 0.2) is 18.2 Å². The number of benzene rings is 1. The second-order valence-corrected chi connectivity index (χ2v) is 3.70. The molecular weight excluding hydrogens is 249 g/mol. The Hall–Kier alpha value is -1.21. The molecule has 0 spiro atoms. The lowest BCUT2D eigenvalue weighted by molar-refractivity contribution is -0.116. The summed E-state index contributed by atoms with van der Waals surface area (Å²) in [6.45, 7) is 1.34. The summed E-state index contributed by atoms with van der Waals surface area (Å²) in [4.78, 5) is 10.3. The van der Waals surface area contributed by atoms with E-state index in [2.05, 4.69) is 15.9 Å². The van der Waals surface area contributed by atoms with E-state index >= 15 is 0 Å². The number of Topliss-reactive ketones (excluding diaryl/α,β-unsaturated/α-hetero) is 1. The third kappa shape index (κ3) is 1.99. The highest BCUT2D eigenvalue weighted by atomic mass is 79.9. The van der Waals surface area contributed by atoms with Gasteiger partial charge in [0.1, 0.15) is 16.4 Å². The molecule has 0 aromatic heterocycles. The van der Waals surface area contributed by atoms with Crippen LogP contribution in [0.2, 0.25) is 0 Å². The van der Waals surface area contributed by atoms with E-state index in [0.29, 0.717) is 0 Å². The van der Waals surface area contributed by atoms with Crippen LogP contribution in [-0.2, 0) is 4.79 Å². The minimum Gasteiger partial charge on any atom is -0.298 e. The summed E-state index contributed by atoms with van der Waals surface area (Å²) < 4.78 is 13.3. The molecule has 1 unspecified atom stereocenters. The second-order valence-electron chi connectivity index (χ2n) is 2.79. The first kappa shape index (κ1) is 10.9. The second kappa shape index (κ2) is 4.34. The first-order valence-corrected chi connectivity index (χ1v) is 4.82. The van der Waals surface area contributed by atoms with Gasteiger partial charge in [-0.2, -0.15) is 5.26 Å². The van der Waals surface area contributed by atoms with E-state index in [-0.39, 0.29) is 16.9 Å². The van der Waals surface area contributed by atoms with Crippen molar-refractivity contribution >= 4 is 21.7 Å². The molecule has 0 aliphatic heterocycles. The van der Waals surface area contributed by atoms with E-state index in [1.54, 1.807) is 0 Å². The molecule has 0 saturated carbocycles. The molecule has 72 valence electrons. The van der Waals surface area contributed by atoms with Crippen molar-refractivity contribution in [3.63, 3.8) is 0 Å². The van der Waals surface area contributed by atoms with Gasteiger partial charge in [-0.1, -0.05) is 22.0 Å². The number of nitriles is 1. The molecule has 4 heteroatoms. The molecule has 0 radical (unpaired) electrons. The molecule has 0 bridgehead atoms. The van der Waals surface area contributed by atoms with Gasteiger partial charge in [0, 0.05) is 5.56 Å². The fourth-order valence-electron chi connectivity index (χ4n) is 1.10. The third-order valence-electron chi connectivity index (χ3n) is 1.78. The third-order valence-corrected chi connectivity index (χ3v) is 2.89. The van der Waals surface area contributed by atoms with Crippen LogP contribution in [0.1, 0.15) is 22.9 Å². The van der Waals surface area contributed by atoms with E-state index in [1.807, 2.05) is 6.07 Å². The number of hydrogen-bond donors (Lipinski definition) is 0. The quantitative estimate of drug-likeness (QED) is 0.763. The Labute approximate surface area is 89.5 Å². The summed E-state index contributed by atoms with van der Waals surface area (Å²) in [6.07, 6.45) is 0. The first-order valence-electron chi connectivity index (χ1n) is 3.91. The van der Waals surface area contributed by atoms with Crippen LogP contribution in [0.3, 0.4) is 0 Å². The van der Waals surface area contributed by atoms with Gasteiger partial charge in [0.15, 0.2) is 0 Å². The molecule has 2 nitrogen and oxygen atoms in total. The van der Waals surface area contributed by atoms with Crippen molar-refractivity contribution in [3.05, 3.63) is 35.1 Å². The minimum atomic E-state index is -0.752. The Morgan fingerprint density at radius 2 is 2.29 bits per heavy atom. The van der Waals surface area contributed by atoms with Crippen molar-refractivity contribution in [1.82, 2.24) is 0 Å². The summed E-state index contributed by atoms with van der Waals surface area (Å²) in [5.74, 6) is -0.771. The molecule has 14 heavy (non-hydrogen) atoms. The summed E-state index contributed by atoms with van der Waals surface area (Å²) >= 11 is 3.05. The summed E-state index contributed by atoms with van der Waals surface area (Å²) in [7, 11) is 0. The van der Waals surface area contributed by atoms with Crippen LogP contribution in [0.25, 0.3) is 0 Å². The molecule has 1 atom stereocenters. The van der Waals surface area contributed by atoms with Crippen molar-refractivity contribution in [1.29, 1.82) is 5.26 Å². The lowest BCUT2D eigenvalue weighted by atomic mass is 10.0. The van der Waals surface area contributed by atoms with Crippen LogP contribution in [0.5, 0.6) is 0 Å². The average molecular weight is 256 g/mol. The predicted molar refractivity (Wildman–Crippen MR) is 53.5 cm³/mol. The van der Waals surface area contributed by atoms with Crippen molar-refractivity contribution < 1.29 is 9.18 Å². The zero-order valence-corrected chi connectivity index (χ0v) is 9.01. The average Bonchev–Trinajstić information content (AvgIpc) is 2.16. The van der Waals surface area contributed by atoms with Gasteiger partial charge in [0.2, 0.25) is 0 Å². The van der Waals surface area contributed by atoms with Crippen LogP contribution in [0, 0.1) is 17.1 Å². The number of hydrogen-bond acceptors (Lipinski definition) is 2. The molecular formula is C10H7BrFNO. The number of halogens is 2. The fraction of sp³-hybridized carbons (Fsp3) is 0.200. The van der Waals surface area contributed by atoms with Gasteiger partial charge in [0.25, 0.3) is 0 Å². The highest BCUT2D eigenvalue weighted by Gasteiger charge is 2.20. The maximum absolute atomic E-state index is 13.3. The van der Waals surface area contributed by atoms with Gasteiger partial charge >= 0.3 is 0 Å². The minimum absolute atomic E-state index is 0.113. The Balaban J connectivity index is 3.32. The van der Waals surface area contributed by atoms with Crippen molar-refractivity contribution in [2.45, 2.75) is 11.8 Å².